The maximum absolute atomic E-state index is 6.13. The van der Waals surface area contributed by atoms with E-state index in [1.165, 1.54) is 12.8 Å². The smallest absolute Gasteiger partial charge is 0.0568 e. The summed E-state index contributed by atoms with van der Waals surface area (Å²) in [4.78, 5) is 0. The molecule has 0 heterocycles. The van der Waals surface area contributed by atoms with Gasteiger partial charge in [0.2, 0.25) is 0 Å². The first kappa shape index (κ1) is 14.2. The Morgan fingerprint density at radius 1 is 1.56 bits per heavy atom. The van der Waals surface area contributed by atoms with Crippen LogP contribution in [-0.4, -0.2) is 12.1 Å². The Morgan fingerprint density at radius 2 is 2.33 bits per heavy atom. The fourth-order valence-corrected chi connectivity index (χ4v) is 3.24. The Hall–Kier alpha value is -0.250. The molecule has 0 bridgehead atoms. The van der Waals surface area contributed by atoms with E-state index in [0.717, 1.165) is 33.9 Å². The van der Waals surface area contributed by atoms with Crippen LogP contribution < -0.4 is 11.1 Å². The molecular formula is C14H20BrClN2. The summed E-state index contributed by atoms with van der Waals surface area (Å²) >= 11 is 9.53. The zero-order valence-corrected chi connectivity index (χ0v) is 13.0. The van der Waals surface area contributed by atoms with E-state index in [1.807, 2.05) is 18.2 Å². The Kier molecular flexibility index (Phi) is 4.57. The lowest BCUT2D eigenvalue weighted by molar-refractivity contribution is 0.450. The van der Waals surface area contributed by atoms with Crippen molar-refractivity contribution in [2.24, 2.45) is 11.7 Å². The number of hydrogen-bond acceptors (Lipinski definition) is 2. The van der Waals surface area contributed by atoms with E-state index in [4.69, 9.17) is 17.3 Å². The van der Waals surface area contributed by atoms with Crippen LogP contribution in [0.2, 0.25) is 5.02 Å². The molecule has 1 aromatic rings. The van der Waals surface area contributed by atoms with E-state index in [-0.39, 0.29) is 5.54 Å². The highest BCUT2D eigenvalue weighted by molar-refractivity contribution is 9.10. The summed E-state index contributed by atoms with van der Waals surface area (Å²) < 4.78 is 0.925. The molecule has 100 valence electrons. The molecule has 1 fully saturated rings. The van der Waals surface area contributed by atoms with E-state index >= 15 is 0 Å². The van der Waals surface area contributed by atoms with Crippen LogP contribution >= 0.6 is 27.5 Å². The number of nitrogens with two attached hydrogens (primary N) is 1. The van der Waals surface area contributed by atoms with Gasteiger partial charge >= 0.3 is 0 Å². The largest absolute Gasteiger partial charge is 0.378 e. The average Bonchev–Trinajstić information content (AvgIpc) is 2.78. The van der Waals surface area contributed by atoms with Crippen LogP contribution in [0.25, 0.3) is 0 Å². The van der Waals surface area contributed by atoms with Crippen molar-refractivity contribution in [3.63, 3.8) is 0 Å². The molecule has 1 aromatic carbocycles. The van der Waals surface area contributed by atoms with Crippen molar-refractivity contribution in [1.29, 1.82) is 0 Å². The standard InChI is InChI=1S/C14H20BrClN2/c1-2-10-5-6-14(8-10,9-17)18-11-3-4-12(15)13(16)7-11/h3-4,7,10,18H,2,5-6,8-9,17H2,1H3. The predicted octanol–water partition coefficient (Wildman–Crippen LogP) is 4.42. The Bertz CT molecular complexity index is 424. The molecule has 1 saturated carbocycles. The van der Waals surface area contributed by atoms with Gasteiger partial charge in [0.1, 0.15) is 0 Å². The van der Waals surface area contributed by atoms with Crippen LogP contribution in [-0.2, 0) is 0 Å². The summed E-state index contributed by atoms with van der Waals surface area (Å²) in [5.74, 6) is 0.798. The van der Waals surface area contributed by atoms with Crippen LogP contribution in [0.5, 0.6) is 0 Å². The van der Waals surface area contributed by atoms with E-state index in [1.54, 1.807) is 0 Å². The van der Waals surface area contributed by atoms with Crippen molar-refractivity contribution >= 4 is 33.2 Å². The molecule has 3 N–H and O–H groups in total. The number of hydrogen-bond donors (Lipinski definition) is 2. The maximum Gasteiger partial charge on any atom is 0.0568 e. The fraction of sp³-hybridized carbons (Fsp3) is 0.571. The first-order valence-corrected chi connectivity index (χ1v) is 7.69. The molecule has 1 aliphatic rings. The highest BCUT2D eigenvalue weighted by Gasteiger charge is 2.37. The summed E-state index contributed by atoms with van der Waals surface area (Å²) in [5.41, 5.74) is 7.11. The fourth-order valence-electron chi connectivity index (χ4n) is 2.82. The number of benzene rings is 1. The molecule has 2 nitrogen and oxygen atoms in total. The molecule has 0 aliphatic heterocycles. The minimum absolute atomic E-state index is 0.0534. The quantitative estimate of drug-likeness (QED) is 0.857. The molecule has 0 radical (unpaired) electrons. The van der Waals surface area contributed by atoms with Crippen LogP contribution in [0.15, 0.2) is 22.7 Å². The Morgan fingerprint density at radius 3 is 2.89 bits per heavy atom. The van der Waals surface area contributed by atoms with Crippen molar-refractivity contribution in [3.8, 4) is 0 Å². The second kappa shape index (κ2) is 5.81. The third-order valence-corrected chi connectivity index (χ3v) is 5.24. The van der Waals surface area contributed by atoms with Gasteiger partial charge in [-0.1, -0.05) is 24.9 Å². The summed E-state index contributed by atoms with van der Waals surface area (Å²) in [6.07, 6.45) is 4.82. The number of rotatable bonds is 4. The molecule has 0 saturated heterocycles. The molecule has 18 heavy (non-hydrogen) atoms. The second-order valence-corrected chi connectivity index (χ2v) is 6.52. The van der Waals surface area contributed by atoms with Crippen LogP contribution in [0.3, 0.4) is 0 Å². The second-order valence-electron chi connectivity index (χ2n) is 5.26. The molecular weight excluding hydrogens is 312 g/mol. The zero-order valence-electron chi connectivity index (χ0n) is 10.7. The molecule has 2 atom stereocenters. The summed E-state index contributed by atoms with van der Waals surface area (Å²) in [7, 11) is 0. The third kappa shape index (κ3) is 3.01. The van der Waals surface area contributed by atoms with Crippen LogP contribution in [0, 0.1) is 5.92 Å². The van der Waals surface area contributed by atoms with Gasteiger partial charge in [-0.05, 0) is 59.3 Å². The normalized spacial score (nSPS) is 27.4. The summed E-state index contributed by atoms with van der Waals surface area (Å²) in [6.45, 7) is 2.94. The van der Waals surface area contributed by atoms with E-state index in [2.05, 4.69) is 28.2 Å². The molecule has 4 heteroatoms. The van der Waals surface area contributed by atoms with Crippen molar-refractivity contribution in [2.45, 2.75) is 38.1 Å². The number of anilines is 1. The molecule has 0 spiro atoms. The van der Waals surface area contributed by atoms with E-state index < -0.39 is 0 Å². The molecule has 2 rings (SSSR count). The van der Waals surface area contributed by atoms with Gasteiger partial charge in [0.15, 0.2) is 0 Å². The lowest BCUT2D eigenvalue weighted by Gasteiger charge is -2.30. The first-order valence-electron chi connectivity index (χ1n) is 6.52. The number of halogens is 2. The average molecular weight is 332 g/mol. The topological polar surface area (TPSA) is 38.0 Å². The van der Waals surface area contributed by atoms with Gasteiger partial charge < -0.3 is 11.1 Å². The van der Waals surface area contributed by atoms with E-state index in [0.29, 0.717) is 6.54 Å². The van der Waals surface area contributed by atoms with E-state index in [9.17, 15) is 0 Å². The molecule has 0 amide bonds. The van der Waals surface area contributed by atoms with Crippen molar-refractivity contribution in [1.82, 2.24) is 0 Å². The number of nitrogens with one attached hydrogen (secondary N) is 1. The van der Waals surface area contributed by atoms with Gasteiger partial charge in [0.25, 0.3) is 0 Å². The lowest BCUT2D eigenvalue weighted by atomic mass is 9.94. The van der Waals surface area contributed by atoms with Crippen LogP contribution in [0.1, 0.15) is 32.6 Å². The third-order valence-electron chi connectivity index (χ3n) is 4.01. The predicted molar refractivity (Wildman–Crippen MR) is 82.2 cm³/mol. The zero-order chi connectivity index (χ0) is 13.2. The van der Waals surface area contributed by atoms with Crippen molar-refractivity contribution < 1.29 is 0 Å². The first-order chi connectivity index (χ1) is 8.58. The van der Waals surface area contributed by atoms with Gasteiger partial charge in [0.05, 0.1) is 5.02 Å². The highest BCUT2D eigenvalue weighted by atomic mass is 79.9. The van der Waals surface area contributed by atoms with Crippen molar-refractivity contribution in [2.75, 3.05) is 11.9 Å². The molecule has 0 aromatic heterocycles. The van der Waals surface area contributed by atoms with Gasteiger partial charge in [-0.15, -0.1) is 0 Å². The van der Waals surface area contributed by atoms with Crippen molar-refractivity contribution in [3.05, 3.63) is 27.7 Å². The SMILES string of the molecule is CCC1CCC(CN)(Nc2ccc(Br)c(Cl)c2)C1. The van der Waals surface area contributed by atoms with Gasteiger partial charge in [-0.25, -0.2) is 0 Å². The minimum Gasteiger partial charge on any atom is -0.378 e. The molecule has 2 unspecified atom stereocenters. The van der Waals surface area contributed by atoms with Gasteiger partial charge in [-0.2, -0.15) is 0 Å². The highest BCUT2D eigenvalue weighted by Crippen LogP contribution is 2.38. The summed E-state index contributed by atoms with van der Waals surface area (Å²) in [6, 6.07) is 5.98. The minimum atomic E-state index is 0.0534. The van der Waals surface area contributed by atoms with Crippen LogP contribution in [0.4, 0.5) is 5.69 Å². The molecule has 1 aliphatic carbocycles. The summed E-state index contributed by atoms with van der Waals surface area (Å²) in [5, 5.41) is 4.34. The van der Waals surface area contributed by atoms with Gasteiger partial charge in [-0.3, -0.25) is 0 Å². The Labute approximate surface area is 122 Å². The Balaban J connectivity index is 2.13. The lowest BCUT2D eigenvalue weighted by Crippen LogP contribution is -2.43. The monoisotopic (exact) mass is 330 g/mol. The van der Waals surface area contributed by atoms with Gasteiger partial charge in [0, 0.05) is 22.2 Å². The maximum atomic E-state index is 6.13.